The molecule has 0 aliphatic heterocycles. The van der Waals surface area contributed by atoms with Crippen molar-refractivity contribution in [2.75, 3.05) is 0 Å². The van der Waals surface area contributed by atoms with Crippen LogP contribution in [0.4, 0.5) is 0 Å². The lowest BCUT2D eigenvalue weighted by atomic mass is 10.0. The maximum absolute atomic E-state index is 6.32. The fraction of sp³-hybridized carbons (Fsp3) is 0.438. The van der Waals surface area contributed by atoms with E-state index in [1.807, 2.05) is 25.1 Å². The van der Waals surface area contributed by atoms with Crippen LogP contribution in [0.3, 0.4) is 0 Å². The Morgan fingerprint density at radius 1 is 1.37 bits per heavy atom. The fourth-order valence-corrected chi connectivity index (χ4v) is 2.43. The van der Waals surface area contributed by atoms with Crippen LogP contribution in [0, 0.1) is 5.92 Å². The zero-order chi connectivity index (χ0) is 14.0. The highest BCUT2D eigenvalue weighted by Crippen LogP contribution is 2.24. The van der Waals surface area contributed by atoms with Crippen LogP contribution in [0.5, 0.6) is 0 Å². The van der Waals surface area contributed by atoms with Crippen molar-refractivity contribution < 1.29 is 0 Å². The molecule has 0 bridgehead atoms. The maximum Gasteiger partial charge on any atom is 0.127 e. The van der Waals surface area contributed by atoms with E-state index in [-0.39, 0.29) is 6.04 Å². The summed E-state index contributed by atoms with van der Waals surface area (Å²) in [5.74, 6) is 1.53. The number of aromatic nitrogens is 2. The molecule has 1 heterocycles. The van der Waals surface area contributed by atoms with E-state index in [0.29, 0.717) is 5.92 Å². The normalized spacial score (nSPS) is 13.1. The number of rotatable bonds is 5. The molecule has 0 fully saturated rings. The highest BCUT2D eigenvalue weighted by Gasteiger charge is 2.17. The molecule has 1 unspecified atom stereocenters. The lowest BCUT2D eigenvalue weighted by Gasteiger charge is -2.16. The predicted octanol–water partition coefficient (Wildman–Crippen LogP) is 3.66. The van der Waals surface area contributed by atoms with Gasteiger partial charge in [-0.1, -0.05) is 38.1 Å². The van der Waals surface area contributed by atoms with E-state index in [1.54, 1.807) is 0 Å². The van der Waals surface area contributed by atoms with Gasteiger partial charge in [0.15, 0.2) is 0 Å². The van der Waals surface area contributed by atoms with Gasteiger partial charge in [0.1, 0.15) is 5.82 Å². The number of allylic oxidation sites excluding steroid dienone is 1. The van der Waals surface area contributed by atoms with Crippen LogP contribution in [0.1, 0.15) is 39.1 Å². The molecule has 19 heavy (non-hydrogen) atoms. The summed E-state index contributed by atoms with van der Waals surface area (Å²) in [5.41, 5.74) is 9.59. The van der Waals surface area contributed by atoms with Crippen LogP contribution < -0.4 is 5.73 Å². The third-order valence-corrected chi connectivity index (χ3v) is 3.17. The largest absolute Gasteiger partial charge is 0.323 e. The smallest absolute Gasteiger partial charge is 0.127 e. The summed E-state index contributed by atoms with van der Waals surface area (Å²) in [6.07, 6.45) is 0.944. The van der Waals surface area contributed by atoms with Crippen LogP contribution in [0.2, 0.25) is 0 Å². The Morgan fingerprint density at radius 2 is 2.05 bits per heavy atom. The van der Waals surface area contributed by atoms with Crippen molar-refractivity contribution in [3.63, 3.8) is 0 Å². The highest BCUT2D eigenvalue weighted by atomic mass is 15.1. The molecule has 0 radical (unpaired) electrons. The number of imidazole rings is 1. The second kappa shape index (κ2) is 5.57. The summed E-state index contributed by atoms with van der Waals surface area (Å²) in [5, 5.41) is 0. The van der Waals surface area contributed by atoms with Crippen molar-refractivity contribution in [3.05, 3.63) is 42.2 Å². The van der Waals surface area contributed by atoms with Crippen molar-refractivity contribution in [3.8, 4) is 0 Å². The lowest BCUT2D eigenvalue weighted by molar-refractivity contribution is 0.481. The van der Waals surface area contributed by atoms with Crippen molar-refractivity contribution in [1.29, 1.82) is 0 Å². The van der Waals surface area contributed by atoms with E-state index < -0.39 is 0 Å². The summed E-state index contributed by atoms with van der Waals surface area (Å²) >= 11 is 0. The van der Waals surface area contributed by atoms with Crippen LogP contribution in [0.15, 0.2) is 36.4 Å². The number of fused-ring (bicyclic) bond motifs is 1. The minimum atomic E-state index is -0.0215. The van der Waals surface area contributed by atoms with Crippen LogP contribution in [-0.4, -0.2) is 9.55 Å². The standard InChI is InChI=1S/C16H23N3/c1-11(2)9-13(17)16-18-14-7-5-6-8-15(14)19(16)10-12(3)4/h5-8,11,13H,3,9-10,17H2,1-2,4H3. The zero-order valence-electron chi connectivity index (χ0n) is 12.1. The molecule has 0 saturated carbocycles. The first kappa shape index (κ1) is 13.8. The monoisotopic (exact) mass is 257 g/mol. The summed E-state index contributed by atoms with van der Waals surface area (Å²) in [7, 11) is 0. The van der Waals surface area contributed by atoms with Crippen LogP contribution in [0.25, 0.3) is 11.0 Å². The molecule has 3 nitrogen and oxygen atoms in total. The Kier molecular flexibility index (Phi) is 4.05. The summed E-state index contributed by atoms with van der Waals surface area (Å²) in [6, 6.07) is 8.16. The Bertz CT molecular complexity index is 581. The average Bonchev–Trinajstić information content (AvgIpc) is 2.67. The third kappa shape index (κ3) is 3.04. The van der Waals surface area contributed by atoms with E-state index in [0.717, 1.165) is 35.4 Å². The second-order valence-corrected chi connectivity index (χ2v) is 5.74. The van der Waals surface area contributed by atoms with E-state index >= 15 is 0 Å². The van der Waals surface area contributed by atoms with Gasteiger partial charge in [-0.05, 0) is 31.4 Å². The molecule has 1 aromatic carbocycles. The van der Waals surface area contributed by atoms with Gasteiger partial charge < -0.3 is 10.3 Å². The topological polar surface area (TPSA) is 43.8 Å². The number of benzene rings is 1. The molecule has 0 aliphatic carbocycles. The van der Waals surface area contributed by atoms with E-state index in [2.05, 4.69) is 31.1 Å². The molecule has 2 aromatic rings. The van der Waals surface area contributed by atoms with Crippen molar-refractivity contribution in [2.45, 2.75) is 39.8 Å². The molecular formula is C16H23N3. The van der Waals surface area contributed by atoms with Gasteiger partial charge in [-0.15, -0.1) is 0 Å². The van der Waals surface area contributed by atoms with Gasteiger partial charge in [0.25, 0.3) is 0 Å². The van der Waals surface area contributed by atoms with Gasteiger partial charge in [-0.2, -0.15) is 0 Å². The van der Waals surface area contributed by atoms with Crippen LogP contribution in [-0.2, 0) is 6.54 Å². The first-order chi connectivity index (χ1) is 8.99. The van der Waals surface area contributed by atoms with Crippen molar-refractivity contribution >= 4 is 11.0 Å². The Hall–Kier alpha value is -1.61. The van der Waals surface area contributed by atoms with Crippen LogP contribution >= 0.6 is 0 Å². The van der Waals surface area contributed by atoms with Gasteiger partial charge >= 0.3 is 0 Å². The number of nitrogens with two attached hydrogens (primary N) is 1. The Balaban J connectivity index is 2.49. The number of hydrogen-bond donors (Lipinski definition) is 1. The predicted molar refractivity (Wildman–Crippen MR) is 80.9 cm³/mol. The molecule has 1 aromatic heterocycles. The Morgan fingerprint density at radius 3 is 2.68 bits per heavy atom. The first-order valence-corrected chi connectivity index (χ1v) is 6.84. The quantitative estimate of drug-likeness (QED) is 0.831. The highest BCUT2D eigenvalue weighted by molar-refractivity contribution is 5.76. The summed E-state index contributed by atoms with van der Waals surface area (Å²) in [4.78, 5) is 4.72. The molecule has 0 amide bonds. The first-order valence-electron chi connectivity index (χ1n) is 6.84. The minimum Gasteiger partial charge on any atom is -0.323 e. The zero-order valence-corrected chi connectivity index (χ0v) is 12.1. The summed E-state index contributed by atoms with van der Waals surface area (Å²) in [6.45, 7) is 11.2. The molecule has 3 heteroatoms. The van der Waals surface area contributed by atoms with E-state index in [1.165, 1.54) is 0 Å². The SMILES string of the molecule is C=C(C)Cn1c(C(N)CC(C)C)nc2ccccc21. The molecule has 102 valence electrons. The Labute approximate surface area is 115 Å². The number of nitrogens with zero attached hydrogens (tertiary/aromatic N) is 2. The molecule has 0 aliphatic rings. The number of hydrogen-bond acceptors (Lipinski definition) is 2. The maximum atomic E-state index is 6.32. The third-order valence-electron chi connectivity index (χ3n) is 3.17. The molecule has 0 spiro atoms. The van der Waals surface area contributed by atoms with Gasteiger partial charge in [-0.3, -0.25) is 0 Å². The van der Waals surface area contributed by atoms with Gasteiger partial charge in [0.05, 0.1) is 17.1 Å². The number of para-hydroxylation sites is 2. The van der Waals surface area contributed by atoms with Gasteiger partial charge in [0, 0.05) is 6.54 Å². The molecule has 1 atom stereocenters. The fourth-order valence-electron chi connectivity index (χ4n) is 2.43. The average molecular weight is 257 g/mol. The van der Waals surface area contributed by atoms with Gasteiger partial charge in [0.2, 0.25) is 0 Å². The molecule has 0 saturated heterocycles. The van der Waals surface area contributed by atoms with Crippen molar-refractivity contribution in [2.24, 2.45) is 11.7 Å². The summed E-state index contributed by atoms with van der Waals surface area (Å²) < 4.78 is 2.20. The molecule has 2 rings (SSSR count). The van der Waals surface area contributed by atoms with Gasteiger partial charge in [-0.25, -0.2) is 4.98 Å². The molecule has 2 N–H and O–H groups in total. The van der Waals surface area contributed by atoms with E-state index in [4.69, 9.17) is 10.7 Å². The van der Waals surface area contributed by atoms with E-state index in [9.17, 15) is 0 Å². The second-order valence-electron chi connectivity index (χ2n) is 5.74. The van der Waals surface area contributed by atoms with Crippen molar-refractivity contribution in [1.82, 2.24) is 9.55 Å². The lowest BCUT2D eigenvalue weighted by Crippen LogP contribution is -2.19. The minimum absolute atomic E-state index is 0.0215. The molecular weight excluding hydrogens is 234 g/mol.